The number of aryl methyl sites for hydroxylation is 1. The smallest absolute Gasteiger partial charge is 0.410 e. The molecule has 1 fully saturated rings. The Bertz CT molecular complexity index is 792. The molecule has 1 aromatic carbocycles. The Balaban J connectivity index is 0.000000503. The van der Waals surface area contributed by atoms with Gasteiger partial charge in [-0.2, -0.15) is 11.8 Å². The number of amides is 2. The van der Waals surface area contributed by atoms with E-state index >= 15 is 0 Å². The van der Waals surface area contributed by atoms with Crippen LogP contribution in [0.15, 0.2) is 18.2 Å². The number of likely N-dealkylation sites (tertiary alicyclic amines) is 1. The Morgan fingerprint density at radius 1 is 1.37 bits per heavy atom. The summed E-state index contributed by atoms with van der Waals surface area (Å²) in [6.07, 6.45) is 3.65. The molecular weight excluding hydrogens is 495 g/mol. The molecule has 7 nitrogen and oxygen atoms in total. The number of hydrogen-bond donors (Lipinski definition) is 1. The van der Waals surface area contributed by atoms with Gasteiger partial charge < -0.3 is 25.2 Å². The average Bonchev–Trinajstić information content (AvgIpc) is 3.30. The Morgan fingerprint density at radius 2 is 2.03 bits per heavy atom. The summed E-state index contributed by atoms with van der Waals surface area (Å²) in [4.78, 5) is 23.6. The molecule has 1 atom stereocenters. The van der Waals surface area contributed by atoms with Crippen molar-refractivity contribution in [3.8, 4) is 0 Å². The van der Waals surface area contributed by atoms with Crippen LogP contribution < -0.4 is 10.4 Å². The number of hydrogen-bond acceptors (Lipinski definition) is 5. The van der Waals surface area contributed by atoms with E-state index in [0.29, 0.717) is 11.7 Å². The fraction of sp³-hybridized carbons (Fsp3) is 0.571. The Hall–Kier alpha value is -1.56. The number of thioether (sulfide) groups is 1. The molecule has 0 spiro atoms. The van der Waals surface area contributed by atoms with Crippen LogP contribution in [-0.2, 0) is 30.0 Å². The Kier molecular flexibility index (Phi) is 13.0. The first-order valence-electron chi connectivity index (χ1n) is 9.84. The minimum Gasteiger partial charge on any atom is -0.575 e. The molecule has 0 saturated carbocycles. The summed E-state index contributed by atoms with van der Waals surface area (Å²) in [5, 5.41) is 12.0. The molecule has 1 unspecified atom stereocenters. The molecule has 2 amide bonds. The van der Waals surface area contributed by atoms with Crippen molar-refractivity contribution in [3.05, 3.63) is 23.9 Å². The van der Waals surface area contributed by atoms with Crippen LogP contribution in [0.3, 0.4) is 0 Å². The van der Waals surface area contributed by atoms with Gasteiger partial charge in [-0.3, -0.25) is 4.79 Å². The molecule has 1 N–H and O–H groups in total. The molecule has 30 heavy (non-hydrogen) atoms. The van der Waals surface area contributed by atoms with Crippen molar-refractivity contribution in [3.63, 3.8) is 0 Å². The van der Waals surface area contributed by atoms with Gasteiger partial charge >= 0.3 is 6.09 Å². The van der Waals surface area contributed by atoms with Crippen LogP contribution in [0.25, 0.3) is 10.9 Å². The number of anilines is 1. The maximum atomic E-state index is 11.6. The van der Waals surface area contributed by atoms with E-state index in [4.69, 9.17) is 4.74 Å². The number of rotatable bonds is 3. The van der Waals surface area contributed by atoms with E-state index in [-0.39, 0.29) is 32.1 Å². The van der Waals surface area contributed by atoms with E-state index in [9.17, 15) is 9.59 Å². The minimum absolute atomic E-state index is 0. The second kappa shape index (κ2) is 13.7. The van der Waals surface area contributed by atoms with Crippen LogP contribution in [-0.4, -0.2) is 52.7 Å². The number of aromatic nitrogens is 2. The quantitative estimate of drug-likeness (QED) is 0.469. The van der Waals surface area contributed by atoms with Crippen molar-refractivity contribution in [2.45, 2.75) is 58.8 Å². The first-order valence-corrected chi connectivity index (χ1v) is 11.1. The molecule has 2 aromatic rings. The van der Waals surface area contributed by atoms with Crippen molar-refractivity contribution in [2.75, 3.05) is 24.7 Å². The summed E-state index contributed by atoms with van der Waals surface area (Å²) in [7, 11) is 0. The standard InChI is InChI=1S/C10H19NO2S.C9H9N3O.C2H6.Pd/c1-10(2,3)13-9(12)11-6-5-8(7-11)14-4;1-6-8-4-7(10-5-13)2-3-9(8)12-11-6;1-2;/h8H,5-7H2,1-4H3;2-5H,1H3,(H2,10,11,12,13);1-2H3;/p-1. The van der Waals surface area contributed by atoms with Crippen molar-refractivity contribution >= 4 is 40.9 Å². The number of benzene rings is 1. The number of ether oxygens (including phenoxy) is 1. The van der Waals surface area contributed by atoms with E-state index in [0.717, 1.165) is 41.8 Å². The van der Waals surface area contributed by atoms with E-state index in [1.54, 1.807) is 11.0 Å². The third kappa shape index (κ3) is 9.07. The predicted molar refractivity (Wildman–Crippen MR) is 121 cm³/mol. The van der Waals surface area contributed by atoms with Gasteiger partial charge in [-0.15, -0.1) is 5.52 Å². The zero-order valence-electron chi connectivity index (χ0n) is 18.8. The summed E-state index contributed by atoms with van der Waals surface area (Å²) in [6, 6.07) is 5.49. The molecule has 1 aliphatic rings. The molecule has 0 radical (unpaired) electrons. The van der Waals surface area contributed by atoms with Crippen LogP contribution in [0.5, 0.6) is 0 Å². The summed E-state index contributed by atoms with van der Waals surface area (Å²) in [6.45, 7) is 13.2. The van der Waals surface area contributed by atoms with Gasteiger partial charge in [-0.1, -0.05) is 19.9 Å². The van der Waals surface area contributed by atoms with Gasteiger partial charge in [0.15, 0.2) is 0 Å². The molecule has 2 heterocycles. The van der Waals surface area contributed by atoms with Crippen LogP contribution in [0.2, 0.25) is 0 Å². The van der Waals surface area contributed by atoms with E-state index in [1.807, 2.05) is 65.4 Å². The van der Waals surface area contributed by atoms with Crippen LogP contribution >= 0.6 is 11.8 Å². The third-order valence-electron chi connectivity index (χ3n) is 4.05. The topological polar surface area (TPSA) is 85.6 Å². The number of nitrogens with one attached hydrogen (secondary N) is 1. The molecule has 0 bridgehead atoms. The second-order valence-electron chi connectivity index (χ2n) is 7.35. The molecule has 172 valence electrons. The largest absolute Gasteiger partial charge is 0.575 e. The normalized spacial score (nSPS) is 15.2. The first-order chi connectivity index (χ1) is 13.7. The van der Waals surface area contributed by atoms with Crippen LogP contribution in [0.1, 0.15) is 46.7 Å². The SMILES string of the molecule is CC.CSC1CCN(C(=O)OC(C)(C)C)C1.Cc1n[n-]c2ccc(NC=O)cc12.[Pd]. The molecule has 9 heteroatoms. The Labute approximate surface area is 197 Å². The van der Waals surface area contributed by atoms with Gasteiger partial charge in [0.25, 0.3) is 0 Å². The maximum Gasteiger partial charge on any atom is 0.410 e. The third-order valence-corrected chi connectivity index (χ3v) is 5.10. The Morgan fingerprint density at radius 3 is 2.57 bits per heavy atom. The van der Waals surface area contributed by atoms with Gasteiger partial charge in [0.2, 0.25) is 6.41 Å². The molecular formula is C21H33N4O3PdS-. The molecule has 3 rings (SSSR count). The maximum absolute atomic E-state index is 11.6. The minimum atomic E-state index is -0.380. The molecule has 0 aliphatic carbocycles. The number of carbonyl (C=O) groups is 2. The number of fused-ring (bicyclic) bond motifs is 1. The fourth-order valence-corrected chi connectivity index (χ4v) is 3.34. The number of nitrogens with zero attached hydrogens (tertiary/aromatic N) is 3. The van der Waals surface area contributed by atoms with Crippen molar-refractivity contribution < 1.29 is 34.7 Å². The summed E-state index contributed by atoms with van der Waals surface area (Å²) < 4.78 is 5.29. The fourth-order valence-electron chi connectivity index (χ4n) is 2.67. The second-order valence-corrected chi connectivity index (χ2v) is 8.49. The molecule has 1 saturated heterocycles. The van der Waals surface area contributed by atoms with Gasteiger partial charge in [0, 0.05) is 50.1 Å². The summed E-state index contributed by atoms with van der Waals surface area (Å²) in [5.41, 5.74) is 2.12. The van der Waals surface area contributed by atoms with Gasteiger partial charge in [0.05, 0.1) is 0 Å². The van der Waals surface area contributed by atoms with E-state index in [2.05, 4.69) is 21.8 Å². The van der Waals surface area contributed by atoms with E-state index < -0.39 is 0 Å². The van der Waals surface area contributed by atoms with Crippen LogP contribution in [0, 0.1) is 6.92 Å². The zero-order chi connectivity index (χ0) is 22.0. The first kappa shape index (κ1) is 28.4. The molecule has 1 aromatic heterocycles. The van der Waals surface area contributed by atoms with Crippen molar-refractivity contribution in [2.24, 2.45) is 0 Å². The zero-order valence-corrected chi connectivity index (χ0v) is 21.2. The summed E-state index contributed by atoms with van der Waals surface area (Å²) >= 11 is 1.82. The number of carbonyl (C=O) groups excluding carboxylic acids is 2. The average molecular weight is 528 g/mol. The predicted octanol–water partition coefficient (Wildman–Crippen LogP) is 4.45. The molecule has 1 aliphatic heterocycles. The van der Waals surface area contributed by atoms with E-state index in [1.165, 1.54) is 0 Å². The van der Waals surface area contributed by atoms with Crippen molar-refractivity contribution in [1.29, 1.82) is 0 Å². The summed E-state index contributed by atoms with van der Waals surface area (Å²) in [5.74, 6) is 0. The van der Waals surface area contributed by atoms with Gasteiger partial charge in [0.1, 0.15) is 5.60 Å². The van der Waals surface area contributed by atoms with Gasteiger partial charge in [-0.05, 0) is 57.9 Å². The monoisotopic (exact) mass is 527 g/mol. The van der Waals surface area contributed by atoms with Crippen LogP contribution in [0.4, 0.5) is 10.5 Å². The van der Waals surface area contributed by atoms with Gasteiger partial charge in [-0.25, -0.2) is 4.79 Å². The van der Waals surface area contributed by atoms with Crippen molar-refractivity contribution in [1.82, 2.24) is 15.1 Å².